The minimum absolute atomic E-state index is 0.314. The maximum Gasteiger partial charge on any atom is 0.122 e. The summed E-state index contributed by atoms with van der Waals surface area (Å²) in [4.78, 5) is 0. The van der Waals surface area contributed by atoms with Crippen LogP contribution in [0.3, 0.4) is 0 Å². The van der Waals surface area contributed by atoms with Gasteiger partial charge in [0.05, 0.1) is 7.11 Å². The van der Waals surface area contributed by atoms with E-state index in [9.17, 15) is 0 Å². The molecule has 15 heavy (non-hydrogen) atoms. The van der Waals surface area contributed by atoms with Crippen molar-refractivity contribution in [2.75, 3.05) is 12.4 Å². The molecule has 1 nitrogen and oxygen atoms in total. The second-order valence-corrected chi connectivity index (χ2v) is 4.85. The van der Waals surface area contributed by atoms with E-state index < -0.39 is 0 Å². The van der Waals surface area contributed by atoms with Crippen LogP contribution >= 0.6 is 15.9 Å². The van der Waals surface area contributed by atoms with Crippen molar-refractivity contribution in [1.82, 2.24) is 0 Å². The topological polar surface area (TPSA) is 9.23 Å². The van der Waals surface area contributed by atoms with Crippen molar-refractivity contribution >= 4 is 15.9 Å². The zero-order valence-corrected chi connectivity index (χ0v) is 11.3. The van der Waals surface area contributed by atoms with E-state index in [0.717, 1.165) is 23.9 Å². The van der Waals surface area contributed by atoms with Crippen LogP contribution in [0.2, 0.25) is 0 Å². The largest absolute Gasteiger partial charge is 0.496 e. The number of hydrogen-bond acceptors (Lipinski definition) is 1. The summed E-state index contributed by atoms with van der Waals surface area (Å²) >= 11 is 3.60. The van der Waals surface area contributed by atoms with Gasteiger partial charge < -0.3 is 4.74 Å². The standard InChI is InChI=1S/C13H19BrO/c1-4-13(2,10-14)9-11-7-5-6-8-12(11)15-3/h5-8H,4,9-10H2,1-3H3. The molecule has 0 aromatic heterocycles. The van der Waals surface area contributed by atoms with Crippen molar-refractivity contribution in [3.63, 3.8) is 0 Å². The molecule has 1 atom stereocenters. The summed E-state index contributed by atoms with van der Waals surface area (Å²) in [6.07, 6.45) is 2.22. The molecule has 0 radical (unpaired) electrons. The highest BCUT2D eigenvalue weighted by atomic mass is 79.9. The van der Waals surface area contributed by atoms with Crippen LogP contribution in [0.1, 0.15) is 25.8 Å². The molecule has 0 fully saturated rings. The highest BCUT2D eigenvalue weighted by Gasteiger charge is 2.22. The van der Waals surface area contributed by atoms with Crippen LogP contribution in [-0.2, 0) is 6.42 Å². The SMILES string of the molecule is CCC(C)(CBr)Cc1ccccc1OC. The van der Waals surface area contributed by atoms with Crippen molar-refractivity contribution in [3.05, 3.63) is 29.8 Å². The third-order valence-corrected chi connectivity index (χ3v) is 4.34. The molecule has 0 aliphatic carbocycles. The Morgan fingerprint density at radius 3 is 2.53 bits per heavy atom. The summed E-state index contributed by atoms with van der Waals surface area (Å²) in [5.74, 6) is 0.998. The quantitative estimate of drug-likeness (QED) is 0.734. The van der Waals surface area contributed by atoms with E-state index in [1.165, 1.54) is 5.56 Å². The fourth-order valence-corrected chi connectivity index (χ4v) is 2.17. The van der Waals surface area contributed by atoms with Crippen LogP contribution < -0.4 is 4.74 Å². The van der Waals surface area contributed by atoms with Gasteiger partial charge in [-0.2, -0.15) is 0 Å². The average molecular weight is 271 g/mol. The van der Waals surface area contributed by atoms with Crippen LogP contribution in [0.4, 0.5) is 0 Å². The Kier molecular flexibility index (Phi) is 4.65. The number of benzene rings is 1. The molecule has 0 spiro atoms. The summed E-state index contributed by atoms with van der Waals surface area (Å²) in [6, 6.07) is 8.26. The predicted octanol–water partition coefficient (Wildman–Crippen LogP) is 4.05. The van der Waals surface area contributed by atoms with E-state index in [-0.39, 0.29) is 0 Å². The first kappa shape index (κ1) is 12.6. The van der Waals surface area contributed by atoms with Gasteiger partial charge in [-0.25, -0.2) is 0 Å². The number of alkyl halides is 1. The van der Waals surface area contributed by atoms with Crippen LogP contribution in [0, 0.1) is 5.41 Å². The molecule has 1 aromatic rings. The third-order valence-electron chi connectivity index (χ3n) is 2.99. The Morgan fingerprint density at radius 1 is 1.33 bits per heavy atom. The van der Waals surface area contributed by atoms with Crippen molar-refractivity contribution in [2.45, 2.75) is 26.7 Å². The molecule has 0 saturated heterocycles. The molecule has 2 heteroatoms. The Morgan fingerprint density at radius 2 is 2.00 bits per heavy atom. The number of para-hydroxylation sites is 1. The summed E-state index contributed by atoms with van der Waals surface area (Å²) < 4.78 is 5.36. The van der Waals surface area contributed by atoms with E-state index in [0.29, 0.717) is 5.41 Å². The molecular weight excluding hydrogens is 252 g/mol. The molecular formula is C13H19BrO. The van der Waals surface area contributed by atoms with Gasteiger partial charge in [-0.05, 0) is 29.9 Å². The normalized spacial score (nSPS) is 14.7. The van der Waals surface area contributed by atoms with Crippen LogP contribution in [0.5, 0.6) is 5.75 Å². The van der Waals surface area contributed by atoms with Crippen LogP contribution in [-0.4, -0.2) is 12.4 Å². The molecule has 1 unspecified atom stereocenters. The van der Waals surface area contributed by atoms with E-state index in [2.05, 4.69) is 41.9 Å². The summed E-state index contributed by atoms with van der Waals surface area (Å²) in [6.45, 7) is 4.53. The lowest BCUT2D eigenvalue weighted by Crippen LogP contribution is -2.20. The predicted molar refractivity (Wildman–Crippen MR) is 68.9 cm³/mol. The van der Waals surface area contributed by atoms with Gasteiger partial charge >= 0.3 is 0 Å². The Balaban J connectivity index is 2.87. The van der Waals surface area contributed by atoms with Gasteiger partial charge in [-0.3, -0.25) is 0 Å². The molecule has 1 aromatic carbocycles. The number of rotatable bonds is 5. The number of ether oxygens (including phenoxy) is 1. The van der Waals surface area contributed by atoms with Crippen LogP contribution in [0.25, 0.3) is 0 Å². The maximum absolute atomic E-state index is 5.36. The molecule has 1 rings (SSSR count). The van der Waals surface area contributed by atoms with Gasteiger partial charge in [0, 0.05) is 5.33 Å². The van der Waals surface area contributed by atoms with Gasteiger partial charge in [0.25, 0.3) is 0 Å². The molecule has 0 aliphatic heterocycles. The third kappa shape index (κ3) is 3.23. The summed E-state index contributed by atoms with van der Waals surface area (Å²) in [5, 5.41) is 1.02. The monoisotopic (exact) mass is 270 g/mol. The summed E-state index contributed by atoms with van der Waals surface area (Å²) in [7, 11) is 1.73. The maximum atomic E-state index is 5.36. The summed E-state index contributed by atoms with van der Waals surface area (Å²) in [5.41, 5.74) is 1.61. The molecule has 0 N–H and O–H groups in total. The zero-order chi connectivity index (χ0) is 11.3. The van der Waals surface area contributed by atoms with Crippen LogP contribution in [0.15, 0.2) is 24.3 Å². The van der Waals surface area contributed by atoms with Crippen molar-refractivity contribution < 1.29 is 4.74 Å². The minimum atomic E-state index is 0.314. The smallest absolute Gasteiger partial charge is 0.122 e. The molecule has 0 bridgehead atoms. The molecule has 0 heterocycles. The number of halogens is 1. The van der Waals surface area contributed by atoms with Crippen molar-refractivity contribution in [2.24, 2.45) is 5.41 Å². The highest BCUT2D eigenvalue weighted by Crippen LogP contribution is 2.32. The van der Waals surface area contributed by atoms with Gasteiger partial charge in [0.15, 0.2) is 0 Å². The van der Waals surface area contributed by atoms with Gasteiger partial charge in [-0.15, -0.1) is 0 Å². The molecule has 0 amide bonds. The Labute approximate surface area is 101 Å². The fraction of sp³-hybridized carbons (Fsp3) is 0.538. The van der Waals surface area contributed by atoms with E-state index in [1.54, 1.807) is 7.11 Å². The lowest BCUT2D eigenvalue weighted by Gasteiger charge is -2.26. The molecule has 84 valence electrons. The first-order chi connectivity index (χ1) is 7.15. The highest BCUT2D eigenvalue weighted by molar-refractivity contribution is 9.09. The molecule has 0 saturated carbocycles. The lowest BCUT2D eigenvalue weighted by molar-refractivity contribution is 0.347. The number of methoxy groups -OCH3 is 1. The second kappa shape index (κ2) is 5.55. The van der Waals surface area contributed by atoms with Gasteiger partial charge in [-0.1, -0.05) is 48.0 Å². The van der Waals surface area contributed by atoms with Crippen molar-refractivity contribution in [3.8, 4) is 5.75 Å². The van der Waals surface area contributed by atoms with Crippen molar-refractivity contribution in [1.29, 1.82) is 0 Å². The van der Waals surface area contributed by atoms with Gasteiger partial charge in [0.2, 0.25) is 0 Å². The first-order valence-corrected chi connectivity index (χ1v) is 6.45. The molecule has 0 aliphatic rings. The second-order valence-electron chi connectivity index (χ2n) is 4.29. The Hall–Kier alpha value is -0.500. The van der Waals surface area contributed by atoms with E-state index in [4.69, 9.17) is 4.74 Å². The number of hydrogen-bond donors (Lipinski definition) is 0. The first-order valence-electron chi connectivity index (χ1n) is 5.33. The van der Waals surface area contributed by atoms with E-state index in [1.807, 2.05) is 12.1 Å². The zero-order valence-electron chi connectivity index (χ0n) is 9.72. The Bertz CT molecular complexity index is 305. The average Bonchev–Trinajstić information content (AvgIpc) is 2.29. The minimum Gasteiger partial charge on any atom is -0.496 e. The lowest BCUT2D eigenvalue weighted by atomic mass is 9.83. The fourth-order valence-electron chi connectivity index (χ4n) is 1.58. The van der Waals surface area contributed by atoms with E-state index >= 15 is 0 Å². The van der Waals surface area contributed by atoms with Gasteiger partial charge in [0.1, 0.15) is 5.75 Å².